The van der Waals surface area contributed by atoms with Crippen LogP contribution < -0.4 is 9.30 Å². The second-order valence-electron chi connectivity index (χ2n) is 19.2. The zero-order valence-corrected chi connectivity index (χ0v) is 39.2. The summed E-state index contributed by atoms with van der Waals surface area (Å²) in [4.78, 5) is 15.8. The fraction of sp³-hybridized carbons (Fsp3) is 0.0645. The molecular formula is C62H44N8O. The highest BCUT2D eigenvalue weighted by Gasteiger charge is 2.24. The Hall–Kier alpha value is -9.34. The molecule has 0 aliphatic rings. The van der Waals surface area contributed by atoms with Crippen molar-refractivity contribution in [2.45, 2.75) is 26.2 Å². The topological polar surface area (TPSA) is 71.5 Å². The predicted molar refractivity (Wildman–Crippen MR) is 285 cm³/mol. The zero-order valence-electron chi connectivity index (χ0n) is 39.2. The van der Waals surface area contributed by atoms with E-state index in [1.807, 2.05) is 35.0 Å². The van der Waals surface area contributed by atoms with Gasteiger partial charge in [0.15, 0.2) is 18.0 Å². The minimum Gasteiger partial charge on any atom is -0.458 e. The van der Waals surface area contributed by atoms with Crippen LogP contribution in [0, 0.1) is 6.33 Å². The number of aromatic nitrogens is 8. The second kappa shape index (κ2) is 15.6. The fourth-order valence-corrected chi connectivity index (χ4v) is 10.6. The Balaban J connectivity index is 0.921. The number of benzene rings is 8. The molecule has 0 saturated heterocycles. The third-order valence-corrected chi connectivity index (χ3v) is 13.9. The lowest BCUT2D eigenvalue weighted by Gasteiger charge is -2.20. The second-order valence-corrected chi connectivity index (χ2v) is 19.2. The van der Waals surface area contributed by atoms with Crippen molar-refractivity contribution in [2.75, 3.05) is 0 Å². The summed E-state index contributed by atoms with van der Waals surface area (Å²) >= 11 is 0. The monoisotopic (exact) mass is 916 g/mol. The minimum absolute atomic E-state index is 0.0294. The SMILES string of the molecule is CC(C)(C)c1ccnc(-n2c3ccccc3c3ccc(Oc4cccc(-n5[c-][n+](-c6nc(-n7c8ccccc8c8ccccc87)cc(-n7c8ccccc8c8ccccc87)n6)c6ccccc65)c4)cc32)c1. The molecule has 0 N–H and O–H groups in total. The summed E-state index contributed by atoms with van der Waals surface area (Å²) in [5.74, 6) is 4.24. The van der Waals surface area contributed by atoms with Gasteiger partial charge in [0.2, 0.25) is 0 Å². The van der Waals surface area contributed by atoms with Crippen LogP contribution in [0.5, 0.6) is 11.5 Å². The van der Waals surface area contributed by atoms with Gasteiger partial charge >= 0.3 is 5.95 Å². The van der Waals surface area contributed by atoms with Crippen molar-refractivity contribution in [3.05, 3.63) is 224 Å². The number of fused-ring (bicyclic) bond motifs is 10. The molecular weight excluding hydrogens is 873 g/mol. The molecule has 0 aliphatic heterocycles. The standard InChI is InChI=1S/C62H44N8O/c1-62(2,3)40-33-34-63-58(35-40)70-54-28-13-8-23-48(54)49-32-31-43(37-57(49)70)71-42-18-16-17-41(36-42)66-39-67(56-30-15-14-29-55(56)66)61-64-59(68-50-24-9-4-19-44(50)45-20-5-10-25-51(45)68)38-60(65-61)69-52-26-11-6-21-46(52)47-22-7-12-27-53(47)69/h4-38H,1-3H3. The van der Waals surface area contributed by atoms with Crippen LogP contribution in [-0.2, 0) is 5.41 Å². The molecule has 6 heterocycles. The van der Waals surface area contributed by atoms with Crippen LogP contribution in [0.15, 0.2) is 212 Å². The van der Waals surface area contributed by atoms with E-state index in [9.17, 15) is 0 Å². The Morgan fingerprint density at radius 2 is 0.901 bits per heavy atom. The van der Waals surface area contributed by atoms with E-state index in [1.165, 1.54) is 5.56 Å². The Morgan fingerprint density at radius 3 is 1.45 bits per heavy atom. The predicted octanol–water partition coefficient (Wildman–Crippen LogP) is 14.3. The quantitative estimate of drug-likeness (QED) is 0.118. The molecule has 71 heavy (non-hydrogen) atoms. The molecule has 0 aliphatic carbocycles. The molecule has 14 rings (SSSR count). The lowest BCUT2D eigenvalue weighted by molar-refractivity contribution is -0.580. The normalized spacial score (nSPS) is 12.2. The number of rotatable bonds is 7. The molecule has 0 spiro atoms. The van der Waals surface area contributed by atoms with Crippen LogP contribution in [0.2, 0.25) is 0 Å². The summed E-state index contributed by atoms with van der Waals surface area (Å²) in [5, 5.41) is 6.92. The number of pyridine rings is 1. The first kappa shape index (κ1) is 40.7. The highest BCUT2D eigenvalue weighted by atomic mass is 16.5. The number of nitrogens with zero attached hydrogens (tertiary/aromatic N) is 8. The van der Waals surface area contributed by atoms with E-state index in [1.54, 1.807) is 0 Å². The van der Waals surface area contributed by atoms with E-state index in [0.29, 0.717) is 11.7 Å². The van der Waals surface area contributed by atoms with Gasteiger partial charge in [-0.2, -0.15) is 0 Å². The van der Waals surface area contributed by atoms with Crippen LogP contribution >= 0.6 is 0 Å². The van der Waals surface area contributed by atoms with Gasteiger partial charge in [-0.1, -0.05) is 148 Å². The maximum absolute atomic E-state index is 6.77. The van der Waals surface area contributed by atoms with Gasteiger partial charge in [-0.25, -0.2) is 4.98 Å². The van der Waals surface area contributed by atoms with Crippen molar-refractivity contribution in [1.82, 2.24) is 33.2 Å². The van der Waals surface area contributed by atoms with Crippen LogP contribution in [0.25, 0.3) is 106 Å². The maximum Gasteiger partial charge on any atom is 0.327 e. The lowest BCUT2D eigenvalue weighted by Crippen LogP contribution is -2.33. The van der Waals surface area contributed by atoms with Gasteiger partial charge in [0, 0.05) is 67.4 Å². The first-order valence-corrected chi connectivity index (χ1v) is 23.9. The Kier molecular flexibility index (Phi) is 8.94. The molecule has 0 radical (unpaired) electrons. The van der Waals surface area contributed by atoms with E-state index >= 15 is 0 Å². The van der Waals surface area contributed by atoms with Crippen molar-refractivity contribution < 1.29 is 9.30 Å². The van der Waals surface area contributed by atoms with E-state index in [2.05, 4.69) is 227 Å². The summed E-state index contributed by atoms with van der Waals surface area (Å²) in [6.07, 6.45) is 5.62. The minimum atomic E-state index is -0.0294. The average Bonchev–Trinajstić information content (AvgIpc) is 4.15. The highest BCUT2D eigenvalue weighted by molar-refractivity contribution is 6.11. The fourth-order valence-electron chi connectivity index (χ4n) is 10.6. The van der Waals surface area contributed by atoms with Gasteiger partial charge in [0.1, 0.15) is 17.3 Å². The molecule has 14 aromatic rings. The molecule has 0 fully saturated rings. The van der Waals surface area contributed by atoms with Gasteiger partial charge in [-0.05, 0) is 77.7 Å². The van der Waals surface area contributed by atoms with E-state index in [0.717, 1.165) is 105 Å². The molecule has 9 nitrogen and oxygen atoms in total. The molecule has 338 valence electrons. The summed E-state index contributed by atoms with van der Waals surface area (Å²) < 4.78 is 17.6. The van der Waals surface area contributed by atoms with Crippen LogP contribution in [-0.4, -0.2) is 33.2 Å². The average molecular weight is 917 g/mol. The van der Waals surface area contributed by atoms with E-state index in [4.69, 9.17) is 19.7 Å². The largest absolute Gasteiger partial charge is 0.458 e. The van der Waals surface area contributed by atoms with Crippen molar-refractivity contribution in [2.24, 2.45) is 0 Å². The van der Waals surface area contributed by atoms with E-state index in [-0.39, 0.29) is 5.41 Å². The van der Waals surface area contributed by atoms with E-state index < -0.39 is 0 Å². The number of hydrogen-bond acceptors (Lipinski definition) is 4. The molecule has 8 aromatic carbocycles. The van der Waals surface area contributed by atoms with Gasteiger partial charge in [-0.15, -0.1) is 9.97 Å². The number of hydrogen-bond donors (Lipinski definition) is 0. The van der Waals surface area contributed by atoms with Crippen molar-refractivity contribution >= 4 is 76.5 Å². The molecule has 0 saturated carbocycles. The Bertz CT molecular complexity index is 4210. The Labute approximate surface area is 408 Å². The van der Waals surface area contributed by atoms with Crippen molar-refractivity contribution in [3.63, 3.8) is 0 Å². The van der Waals surface area contributed by atoms with Gasteiger partial charge in [0.25, 0.3) is 0 Å². The summed E-state index contributed by atoms with van der Waals surface area (Å²) in [6.45, 7) is 6.69. The molecule has 6 aromatic heterocycles. The molecule has 0 bridgehead atoms. The smallest absolute Gasteiger partial charge is 0.327 e. The molecule has 0 unspecified atom stereocenters. The number of ether oxygens (including phenoxy) is 1. The van der Waals surface area contributed by atoms with Crippen LogP contribution in [0.4, 0.5) is 0 Å². The van der Waals surface area contributed by atoms with Gasteiger partial charge in [-0.3, -0.25) is 18.3 Å². The summed E-state index contributed by atoms with van der Waals surface area (Å²) in [6, 6.07) is 71.8. The van der Waals surface area contributed by atoms with Crippen LogP contribution in [0.3, 0.4) is 0 Å². The lowest BCUT2D eigenvalue weighted by atomic mass is 9.88. The van der Waals surface area contributed by atoms with Crippen molar-refractivity contribution in [3.8, 4) is 40.6 Å². The maximum atomic E-state index is 6.77. The first-order chi connectivity index (χ1) is 34.8. The third kappa shape index (κ3) is 6.47. The first-order valence-electron chi connectivity index (χ1n) is 23.9. The van der Waals surface area contributed by atoms with Crippen LogP contribution in [0.1, 0.15) is 26.3 Å². The zero-order chi connectivity index (χ0) is 47.4. The summed E-state index contributed by atoms with van der Waals surface area (Å²) in [7, 11) is 0. The molecule has 9 heteroatoms. The number of para-hydroxylation sites is 7. The van der Waals surface area contributed by atoms with Gasteiger partial charge in [0.05, 0.1) is 33.1 Å². The molecule has 0 atom stereocenters. The summed E-state index contributed by atoms with van der Waals surface area (Å²) in [5.41, 5.74) is 10.3. The van der Waals surface area contributed by atoms with Gasteiger partial charge < -0.3 is 9.30 Å². The Morgan fingerprint density at radius 1 is 0.423 bits per heavy atom. The molecule has 0 amide bonds. The highest BCUT2D eigenvalue weighted by Crippen LogP contribution is 2.38. The number of imidazole rings is 1. The van der Waals surface area contributed by atoms with Crippen molar-refractivity contribution in [1.29, 1.82) is 0 Å². The third-order valence-electron chi connectivity index (χ3n) is 13.9.